The summed E-state index contributed by atoms with van der Waals surface area (Å²) in [6, 6.07) is 11.9. The van der Waals surface area contributed by atoms with Crippen LogP contribution in [0.4, 0.5) is 5.69 Å². The first-order chi connectivity index (χ1) is 15.7. The maximum absolute atomic E-state index is 13.0. The monoisotopic (exact) mass is 473 g/mol. The number of nitrogens with one attached hydrogen (secondary N) is 2. The molecule has 0 bridgehead atoms. The summed E-state index contributed by atoms with van der Waals surface area (Å²) >= 11 is 0. The number of ether oxygens (including phenoxy) is 1. The second-order valence-corrected chi connectivity index (χ2v) is 10.2. The van der Waals surface area contributed by atoms with E-state index in [4.69, 9.17) is 4.74 Å². The highest BCUT2D eigenvalue weighted by molar-refractivity contribution is 7.92. The quantitative estimate of drug-likeness (QED) is 0.582. The lowest BCUT2D eigenvalue weighted by Gasteiger charge is -2.24. The minimum Gasteiger partial charge on any atom is -0.497 e. The van der Waals surface area contributed by atoms with Gasteiger partial charge in [-0.15, -0.1) is 0 Å². The van der Waals surface area contributed by atoms with E-state index in [1.807, 2.05) is 0 Å². The zero-order valence-electron chi connectivity index (χ0n) is 19.2. The van der Waals surface area contributed by atoms with E-state index >= 15 is 0 Å². The Morgan fingerprint density at radius 1 is 1.15 bits per heavy atom. The zero-order valence-corrected chi connectivity index (χ0v) is 20.0. The Morgan fingerprint density at radius 3 is 2.55 bits per heavy atom. The van der Waals surface area contributed by atoms with Crippen molar-refractivity contribution in [3.63, 3.8) is 0 Å². The summed E-state index contributed by atoms with van der Waals surface area (Å²) in [4.78, 5) is 27.3. The summed E-state index contributed by atoms with van der Waals surface area (Å²) in [6.07, 6.45) is 2.30. The van der Waals surface area contributed by atoms with Crippen LogP contribution in [0.15, 0.2) is 53.4 Å². The summed E-state index contributed by atoms with van der Waals surface area (Å²) in [5, 5.41) is 2.93. The molecule has 3 rings (SSSR count). The molecule has 33 heavy (non-hydrogen) atoms. The Bertz CT molecular complexity index is 1080. The third-order valence-electron chi connectivity index (χ3n) is 5.57. The molecule has 0 aliphatic carbocycles. The standard InChI is InChI=1S/C24H31N3O5S/c1-17(2)13-14-25-23(28)22-8-5-15-27(22)24(29)18-9-11-19(12-10-18)26-33(30,31)21-7-4-6-20(16-21)32-3/h4,6-7,9-12,16-17,22,26H,5,8,13-15H2,1-3H3,(H,25,28)/t22-/m0/s1. The Morgan fingerprint density at radius 2 is 1.88 bits per heavy atom. The molecule has 0 radical (unpaired) electrons. The number of hydrogen-bond acceptors (Lipinski definition) is 5. The van der Waals surface area contributed by atoms with Crippen LogP contribution in [0.3, 0.4) is 0 Å². The lowest BCUT2D eigenvalue weighted by atomic mass is 10.1. The van der Waals surface area contributed by atoms with E-state index in [0.29, 0.717) is 42.4 Å². The van der Waals surface area contributed by atoms with Crippen LogP contribution in [0, 0.1) is 5.92 Å². The van der Waals surface area contributed by atoms with Gasteiger partial charge in [-0.25, -0.2) is 8.42 Å². The highest BCUT2D eigenvalue weighted by atomic mass is 32.2. The van der Waals surface area contributed by atoms with Crippen molar-refractivity contribution >= 4 is 27.5 Å². The van der Waals surface area contributed by atoms with Gasteiger partial charge in [0, 0.05) is 30.4 Å². The molecule has 2 N–H and O–H groups in total. The number of hydrogen-bond donors (Lipinski definition) is 2. The van der Waals surface area contributed by atoms with Crippen LogP contribution in [-0.4, -0.2) is 51.4 Å². The van der Waals surface area contributed by atoms with Crippen LogP contribution in [0.5, 0.6) is 5.75 Å². The molecular weight excluding hydrogens is 442 g/mol. The summed E-state index contributed by atoms with van der Waals surface area (Å²) in [5.74, 6) is 0.571. The van der Waals surface area contributed by atoms with Crippen LogP contribution in [0.2, 0.25) is 0 Å². The number of carbonyl (C=O) groups excluding carboxylic acids is 2. The molecule has 0 unspecified atom stereocenters. The molecule has 2 amide bonds. The smallest absolute Gasteiger partial charge is 0.262 e. The third kappa shape index (κ3) is 6.25. The van der Waals surface area contributed by atoms with E-state index in [9.17, 15) is 18.0 Å². The zero-order chi connectivity index (χ0) is 24.0. The molecule has 0 saturated carbocycles. The van der Waals surface area contributed by atoms with E-state index in [2.05, 4.69) is 23.9 Å². The summed E-state index contributed by atoms with van der Waals surface area (Å²) in [7, 11) is -2.34. The van der Waals surface area contributed by atoms with Crippen molar-refractivity contribution in [2.75, 3.05) is 24.9 Å². The summed E-state index contributed by atoms with van der Waals surface area (Å²) in [6.45, 7) is 5.30. The molecule has 1 saturated heterocycles. The molecule has 0 aromatic heterocycles. The molecule has 1 heterocycles. The lowest BCUT2D eigenvalue weighted by molar-refractivity contribution is -0.124. The number of anilines is 1. The second-order valence-electron chi connectivity index (χ2n) is 8.49. The first-order valence-corrected chi connectivity index (χ1v) is 12.5. The van der Waals surface area contributed by atoms with Crippen molar-refractivity contribution in [3.8, 4) is 5.75 Å². The van der Waals surface area contributed by atoms with E-state index < -0.39 is 16.1 Å². The van der Waals surface area contributed by atoms with E-state index in [0.717, 1.165) is 12.8 Å². The molecule has 178 valence electrons. The van der Waals surface area contributed by atoms with Crippen molar-refractivity contribution in [1.82, 2.24) is 10.2 Å². The number of benzene rings is 2. The minimum atomic E-state index is -3.81. The largest absolute Gasteiger partial charge is 0.497 e. The summed E-state index contributed by atoms with van der Waals surface area (Å²) < 4.78 is 32.9. The number of methoxy groups -OCH3 is 1. The summed E-state index contributed by atoms with van der Waals surface area (Å²) in [5.41, 5.74) is 0.736. The highest BCUT2D eigenvalue weighted by Gasteiger charge is 2.34. The van der Waals surface area contributed by atoms with Gasteiger partial charge in [0.05, 0.1) is 12.0 Å². The van der Waals surface area contributed by atoms with Gasteiger partial charge in [0.25, 0.3) is 15.9 Å². The Hall–Kier alpha value is -3.07. The van der Waals surface area contributed by atoms with Crippen molar-refractivity contribution < 1.29 is 22.7 Å². The van der Waals surface area contributed by atoms with Gasteiger partial charge in [0.15, 0.2) is 0 Å². The van der Waals surface area contributed by atoms with Gasteiger partial charge in [-0.1, -0.05) is 19.9 Å². The number of sulfonamides is 1. The second kappa shape index (κ2) is 10.7. The molecule has 1 fully saturated rings. The average molecular weight is 474 g/mol. The van der Waals surface area contributed by atoms with Crippen molar-refractivity contribution in [1.29, 1.82) is 0 Å². The van der Waals surface area contributed by atoms with Crippen LogP contribution in [0.1, 0.15) is 43.5 Å². The van der Waals surface area contributed by atoms with Crippen LogP contribution in [-0.2, 0) is 14.8 Å². The molecule has 1 atom stereocenters. The Kier molecular flexibility index (Phi) is 7.97. The number of rotatable bonds is 9. The predicted molar refractivity (Wildman–Crippen MR) is 127 cm³/mol. The average Bonchev–Trinajstić information content (AvgIpc) is 3.29. The molecule has 0 spiro atoms. The van der Waals surface area contributed by atoms with Gasteiger partial charge in [-0.2, -0.15) is 0 Å². The van der Waals surface area contributed by atoms with Crippen molar-refractivity contribution in [2.45, 2.75) is 44.0 Å². The van der Waals surface area contributed by atoms with Gasteiger partial charge in [-0.3, -0.25) is 14.3 Å². The minimum absolute atomic E-state index is 0.0744. The van der Waals surface area contributed by atoms with E-state index in [1.54, 1.807) is 41.3 Å². The molecule has 8 nitrogen and oxygen atoms in total. The fraction of sp³-hybridized carbons (Fsp3) is 0.417. The highest BCUT2D eigenvalue weighted by Crippen LogP contribution is 2.23. The molecule has 2 aromatic rings. The van der Waals surface area contributed by atoms with E-state index in [-0.39, 0.29) is 16.7 Å². The SMILES string of the molecule is COc1cccc(S(=O)(=O)Nc2ccc(C(=O)N3CCC[C@H]3C(=O)NCCC(C)C)cc2)c1. The lowest BCUT2D eigenvalue weighted by Crippen LogP contribution is -2.46. The molecule has 1 aliphatic heterocycles. The normalized spacial score (nSPS) is 16.0. The van der Waals surface area contributed by atoms with Gasteiger partial charge in [0.2, 0.25) is 5.91 Å². The molecule has 9 heteroatoms. The first kappa shape index (κ1) is 24.6. The Balaban J connectivity index is 1.66. The number of likely N-dealkylation sites (tertiary alicyclic amines) is 1. The third-order valence-corrected chi connectivity index (χ3v) is 6.95. The number of nitrogens with zero attached hydrogens (tertiary/aromatic N) is 1. The van der Waals surface area contributed by atoms with Gasteiger partial charge in [-0.05, 0) is 61.6 Å². The van der Waals surface area contributed by atoms with Gasteiger partial charge in [0.1, 0.15) is 11.8 Å². The number of amides is 2. The van der Waals surface area contributed by atoms with Gasteiger partial charge < -0.3 is 15.0 Å². The maximum Gasteiger partial charge on any atom is 0.262 e. The van der Waals surface area contributed by atoms with Crippen LogP contribution < -0.4 is 14.8 Å². The van der Waals surface area contributed by atoms with Crippen LogP contribution in [0.25, 0.3) is 0 Å². The molecule has 2 aromatic carbocycles. The fourth-order valence-corrected chi connectivity index (χ4v) is 4.81. The Labute approximate surface area is 195 Å². The molecular formula is C24H31N3O5S. The maximum atomic E-state index is 13.0. The van der Waals surface area contributed by atoms with Crippen LogP contribution >= 0.6 is 0 Å². The number of carbonyl (C=O) groups is 2. The topological polar surface area (TPSA) is 105 Å². The van der Waals surface area contributed by atoms with Gasteiger partial charge >= 0.3 is 0 Å². The van der Waals surface area contributed by atoms with Crippen molar-refractivity contribution in [2.24, 2.45) is 5.92 Å². The van der Waals surface area contributed by atoms with Crippen molar-refractivity contribution in [3.05, 3.63) is 54.1 Å². The predicted octanol–water partition coefficient (Wildman–Crippen LogP) is 3.26. The van der Waals surface area contributed by atoms with E-state index in [1.165, 1.54) is 19.2 Å². The fourth-order valence-electron chi connectivity index (χ4n) is 3.71. The first-order valence-electron chi connectivity index (χ1n) is 11.1. The molecule has 1 aliphatic rings.